The highest BCUT2D eigenvalue weighted by Gasteiger charge is 2.24. The molecule has 1 fully saturated rings. The maximum Gasteiger partial charge on any atom is 0.189 e. The predicted molar refractivity (Wildman–Crippen MR) is 80.1 cm³/mol. The SMILES string of the molecule is CCC1CCCCN1Cc1cc(Cl)cc2c1OCOC2. The van der Waals surface area contributed by atoms with Gasteiger partial charge in [0.1, 0.15) is 5.75 Å². The Bertz CT molecular complexity index is 478. The monoisotopic (exact) mass is 295 g/mol. The van der Waals surface area contributed by atoms with Gasteiger partial charge >= 0.3 is 0 Å². The van der Waals surface area contributed by atoms with E-state index in [9.17, 15) is 0 Å². The summed E-state index contributed by atoms with van der Waals surface area (Å²) in [6, 6.07) is 4.69. The molecule has 1 aromatic carbocycles. The van der Waals surface area contributed by atoms with Crippen molar-refractivity contribution in [2.75, 3.05) is 13.3 Å². The lowest BCUT2D eigenvalue weighted by Gasteiger charge is -2.36. The van der Waals surface area contributed by atoms with Crippen molar-refractivity contribution in [3.63, 3.8) is 0 Å². The number of rotatable bonds is 3. The number of halogens is 1. The molecule has 0 aromatic heterocycles. The average molecular weight is 296 g/mol. The lowest BCUT2D eigenvalue weighted by molar-refractivity contribution is -0.0177. The topological polar surface area (TPSA) is 21.7 Å². The predicted octanol–water partition coefficient (Wildman–Crippen LogP) is 3.97. The van der Waals surface area contributed by atoms with Crippen LogP contribution in [0.2, 0.25) is 5.02 Å². The van der Waals surface area contributed by atoms with Crippen molar-refractivity contribution in [3.05, 3.63) is 28.3 Å². The molecule has 110 valence electrons. The van der Waals surface area contributed by atoms with Gasteiger partial charge in [0.05, 0.1) is 6.61 Å². The number of piperidine rings is 1. The molecular weight excluding hydrogens is 274 g/mol. The number of benzene rings is 1. The highest BCUT2D eigenvalue weighted by Crippen LogP contribution is 2.33. The van der Waals surface area contributed by atoms with E-state index in [1.54, 1.807) is 0 Å². The van der Waals surface area contributed by atoms with Gasteiger partial charge in [-0.25, -0.2) is 0 Å². The highest BCUT2D eigenvalue weighted by molar-refractivity contribution is 6.30. The summed E-state index contributed by atoms with van der Waals surface area (Å²) < 4.78 is 11.1. The number of hydrogen-bond acceptors (Lipinski definition) is 3. The molecule has 3 rings (SSSR count). The van der Waals surface area contributed by atoms with Gasteiger partial charge in [-0.05, 0) is 37.9 Å². The zero-order valence-electron chi connectivity index (χ0n) is 12.0. The van der Waals surface area contributed by atoms with Crippen molar-refractivity contribution >= 4 is 11.6 Å². The largest absolute Gasteiger partial charge is 0.467 e. The minimum absolute atomic E-state index is 0.346. The molecule has 0 bridgehead atoms. The number of nitrogens with zero attached hydrogens (tertiary/aromatic N) is 1. The molecule has 4 heteroatoms. The fourth-order valence-electron chi connectivity index (χ4n) is 3.32. The first-order chi connectivity index (χ1) is 9.78. The summed E-state index contributed by atoms with van der Waals surface area (Å²) in [6.45, 7) is 5.33. The Morgan fingerprint density at radius 2 is 2.25 bits per heavy atom. The van der Waals surface area contributed by atoms with Crippen molar-refractivity contribution in [3.8, 4) is 5.75 Å². The van der Waals surface area contributed by atoms with Crippen LogP contribution < -0.4 is 4.74 Å². The van der Waals surface area contributed by atoms with E-state index >= 15 is 0 Å². The van der Waals surface area contributed by atoms with Crippen LogP contribution in [0.3, 0.4) is 0 Å². The summed E-state index contributed by atoms with van der Waals surface area (Å²) in [6.07, 6.45) is 5.17. The normalized spacial score (nSPS) is 23.2. The van der Waals surface area contributed by atoms with Gasteiger partial charge in [0.25, 0.3) is 0 Å². The molecule has 0 spiro atoms. The Kier molecular flexibility index (Phi) is 4.49. The molecule has 0 radical (unpaired) electrons. The second kappa shape index (κ2) is 6.33. The van der Waals surface area contributed by atoms with Gasteiger partial charge in [0, 0.05) is 28.7 Å². The third-order valence-electron chi connectivity index (χ3n) is 4.35. The first-order valence-corrected chi connectivity index (χ1v) is 7.91. The van der Waals surface area contributed by atoms with Crippen molar-refractivity contribution < 1.29 is 9.47 Å². The minimum Gasteiger partial charge on any atom is -0.467 e. The highest BCUT2D eigenvalue weighted by atomic mass is 35.5. The second-order valence-corrected chi connectivity index (χ2v) is 6.13. The molecule has 0 N–H and O–H groups in total. The van der Waals surface area contributed by atoms with E-state index in [2.05, 4.69) is 11.8 Å². The fourth-order valence-corrected chi connectivity index (χ4v) is 3.59. The molecule has 1 unspecified atom stereocenters. The van der Waals surface area contributed by atoms with E-state index in [0.717, 1.165) is 22.9 Å². The molecular formula is C16H22ClNO2. The summed E-state index contributed by atoms with van der Waals surface area (Å²) in [5.74, 6) is 0.987. The molecule has 1 atom stereocenters. The van der Waals surface area contributed by atoms with Crippen molar-refractivity contribution in [2.45, 2.75) is 51.8 Å². The van der Waals surface area contributed by atoms with Crippen LogP contribution in [-0.4, -0.2) is 24.3 Å². The van der Waals surface area contributed by atoms with Gasteiger partial charge in [-0.1, -0.05) is 24.9 Å². The quantitative estimate of drug-likeness (QED) is 0.842. The molecule has 0 aliphatic carbocycles. The van der Waals surface area contributed by atoms with Crippen LogP contribution in [0.15, 0.2) is 12.1 Å². The number of fused-ring (bicyclic) bond motifs is 1. The van der Waals surface area contributed by atoms with Gasteiger partial charge < -0.3 is 9.47 Å². The lowest BCUT2D eigenvalue weighted by Crippen LogP contribution is -2.38. The smallest absolute Gasteiger partial charge is 0.189 e. The third kappa shape index (κ3) is 2.95. The molecule has 20 heavy (non-hydrogen) atoms. The zero-order chi connectivity index (χ0) is 13.9. The van der Waals surface area contributed by atoms with Gasteiger partial charge in [-0.2, -0.15) is 0 Å². The average Bonchev–Trinajstić information content (AvgIpc) is 2.47. The van der Waals surface area contributed by atoms with Crippen LogP contribution in [0.1, 0.15) is 43.7 Å². The number of ether oxygens (including phenoxy) is 2. The minimum atomic E-state index is 0.346. The van der Waals surface area contributed by atoms with Crippen molar-refractivity contribution in [1.29, 1.82) is 0 Å². The van der Waals surface area contributed by atoms with E-state index in [4.69, 9.17) is 21.1 Å². The van der Waals surface area contributed by atoms with Crippen LogP contribution in [0.4, 0.5) is 0 Å². The lowest BCUT2D eigenvalue weighted by atomic mass is 9.98. The Morgan fingerprint density at radius 3 is 3.10 bits per heavy atom. The van der Waals surface area contributed by atoms with Crippen molar-refractivity contribution in [2.24, 2.45) is 0 Å². The summed E-state index contributed by atoms with van der Waals surface area (Å²) in [4.78, 5) is 2.58. The summed E-state index contributed by atoms with van der Waals surface area (Å²) in [7, 11) is 0. The molecule has 2 aliphatic heterocycles. The first kappa shape index (κ1) is 14.2. The van der Waals surface area contributed by atoms with Crippen LogP contribution in [0.5, 0.6) is 5.75 Å². The standard InChI is InChI=1S/C16H22ClNO2/c1-2-15-5-3-4-6-18(15)9-12-7-14(17)8-13-10-19-11-20-16(12)13/h7-8,15H,2-6,9-11H2,1H3. The van der Waals surface area contributed by atoms with E-state index < -0.39 is 0 Å². The summed E-state index contributed by atoms with van der Waals surface area (Å²) in [5, 5.41) is 0.776. The number of likely N-dealkylation sites (tertiary alicyclic amines) is 1. The fraction of sp³-hybridized carbons (Fsp3) is 0.625. The van der Waals surface area contributed by atoms with E-state index in [1.807, 2.05) is 12.1 Å². The molecule has 2 heterocycles. The van der Waals surface area contributed by atoms with Crippen LogP contribution >= 0.6 is 11.6 Å². The van der Waals surface area contributed by atoms with E-state index in [-0.39, 0.29) is 0 Å². The Hall–Kier alpha value is -0.770. The van der Waals surface area contributed by atoms with E-state index in [0.29, 0.717) is 19.4 Å². The third-order valence-corrected chi connectivity index (χ3v) is 4.56. The Labute approximate surface area is 125 Å². The maximum atomic E-state index is 6.24. The molecule has 1 saturated heterocycles. The second-order valence-electron chi connectivity index (χ2n) is 5.69. The molecule has 1 aromatic rings. The van der Waals surface area contributed by atoms with Crippen LogP contribution in [0.25, 0.3) is 0 Å². The molecule has 3 nitrogen and oxygen atoms in total. The summed E-state index contributed by atoms with van der Waals surface area (Å²) >= 11 is 6.24. The molecule has 0 saturated carbocycles. The number of hydrogen-bond donors (Lipinski definition) is 0. The van der Waals surface area contributed by atoms with Crippen LogP contribution in [-0.2, 0) is 17.9 Å². The van der Waals surface area contributed by atoms with E-state index in [1.165, 1.54) is 37.8 Å². The molecule has 0 amide bonds. The van der Waals surface area contributed by atoms with Crippen LogP contribution in [0, 0.1) is 0 Å². The van der Waals surface area contributed by atoms with Gasteiger partial charge in [-0.15, -0.1) is 0 Å². The Balaban J connectivity index is 1.84. The van der Waals surface area contributed by atoms with Gasteiger partial charge in [-0.3, -0.25) is 4.90 Å². The van der Waals surface area contributed by atoms with Gasteiger partial charge in [0.15, 0.2) is 6.79 Å². The summed E-state index contributed by atoms with van der Waals surface area (Å²) in [5.41, 5.74) is 2.28. The molecule has 2 aliphatic rings. The maximum absolute atomic E-state index is 6.24. The van der Waals surface area contributed by atoms with Crippen molar-refractivity contribution in [1.82, 2.24) is 4.90 Å². The first-order valence-electron chi connectivity index (χ1n) is 7.54. The Morgan fingerprint density at radius 1 is 1.35 bits per heavy atom. The zero-order valence-corrected chi connectivity index (χ0v) is 12.8. The van der Waals surface area contributed by atoms with Gasteiger partial charge in [0.2, 0.25) is 0 Å².